The molecular weight excluding hydrogens is 637 g/mol. The second-order valence-corrected chi connectivity index (χ2v) is 14.4. The van der Waals surface area contributed by atoms with E-state index in [9.17, 15) is 0 Å². The molecule has 0 saturated heterocycles. The van der Waals surface area contributed by atoms with Crippen LogP contribution in [0.2, 0.25) is 0 Å². The Hall–Kier alpha value is -6.42. The lowest BCUT2D eigenvalue weighted by Crippen LogP contribution is -1.95. The minimum Gasteiger partial charge on any atom is -0.309 e. The molecule has 0 bridgehead atoms. The Labute approximate surface area is 298 Å². The molecule has 8 aromatic carbocycles. The minimum atomic E-state index is 1.16. The third-order valence-corrected chi connectivity index (χ3v) is 11.7. The lowest BCUT2D eigenvalue weighted by molar-refractivity contribution is 1.17. The van der Waals surface area contributed by atoms with Crippen molar-refractivity contribution in [1.29, 1.82) is 0 Å². The van der Waals surface area contributed by atoms with E-state index in [4.69, 9.17) is 0 Å². The Morgan fingerprint density at radius 3 is 1.86 bits per heavy atom. The van der Waals surface area contributed by atoms with Crippen LogP contribution in [0.3, 0.4) is 0 Å². The molecule has 0 aliphatic carbocycles. The summed E-state index contributed by atoms with van der Waals surface area (Å²) in [7, 11) is 0. The van der Waals surface area contributed by atoms with Crippen molar-refractivity contribution < 1.29 is 0 Å². The van der Waals surface area contributed by atoms with Crippen LogP contribution in [-0.2, 0) is 0 Å². The molecule has 2 nitrogen and oxygen atoms in total. The van der Waals surface area contributed by atoms with Gasteiger partial charge in [0.25, 0.3) is 0 Å². The summed E-state index contributed by atoms with van der Waals surface area (Å²) in [4.78, 5) is 0. The number of rotatable bonds is 4. The molecule has 0 aliphatic rings. The summed E-state index contributed by atoms with van der Waals surface area (Å²) in [6.07, 6.45) is 0. The van der Waals surface area contributed by atoms with Crippen molar-refractivity contribution in [1.82, 2.24) is 9.13 Å². The van der Waals surface area contributed by atoms with E-state index in [1.54, 1.807) is 0 Å². The predicted molar refractivity (Wildman–Crippen MR) is 219 cm³/mol. The maximum Gasteiger partial charge on any atom is 0.0641 e. The zero-order valence-electron chi connectivity index (χ0n) is 27.6. The molecule has 0 spiro atoms. The van der Waals surface area contributed by atoms with Crippen LogP contribution in [0.25, 0.3) is 97.4 Å². The molecule has 3 heterocycles. The van der Waals surface area contributed by atoms with Crippen LogP contribution in [-0.4, -0.2) is 9.13 Å². The second-order valence-electron chi connectivity index (χ2n) is 13.3. The number of thiophene rings is 1. The van der Waals surface area contributed by atoms with Gasteiger partial charge in [-0.3, -0.25) is 0 Å². The van der Waals surface area contributed by atoms with Gasteiger partial charge in [-0.1, -0.05) is 133 Å². The van der Waals surface area contributed by atoms with Gasteiger partial charge in [-0.15, -0.1) is 11.3 Å². The average molecular weight is 667 g/mol. The molecule has 11 aromatic rings. The first-order valence-electron chi connectivity index (χ1n) is 17.4. The summed E-state index contributed by atoms with van der Waals surface area (Å²) in [5, 5.41) is 7.69. The Morgan fingerprint density at radius 1 is 0.353 bits per heavy atom. The van der Waals surface area contributed by atoms with E-state index in [0.29, 0.717) is 0 Å². The number of para-hydroxylation sites is 2. The average Bonchev–Trinajstić information content (AvgIpc) is 3.86. The van der Waals surface area contributed by atoms with Gasteiger partial charge in [-0.2, -0.15) is 0 Å². The van der Waals surface area contributed by atoms with Crippen molar-refractivity contribution in [3.63, 3.8) is 0 Å². The number of hydrogen-bond acceptors (Lipinski definition) is 1. The first-order valence-corrected chi connectivity index (χ1v) is 18.3. The van der Waals surface area contributed by atoms with Crippen molar-refractivity contribution in [2.24, 2.45) is 0 Å². The van der Waals surface area contributed by atoms with Gasteiger partial charge in [0.2, 0.25) is 0 Å². The minimum absolute atomic E-state index is 1.16. The third-order valence-electron chi connectivity index (χ3n) is 10.5. The fraction of sp³-hybridized carbons (Fsp3) is 0. The second kappa shape index (κ2) is 11.0. The molecule has 11 rings (SSSR count). The molecule has 51 heavy (non-hydrogen) atoms. The van der Waals surface area contributed by atoms with Crippen LogP contribution in [0.15, 0.2) is 182 Å². The topological polar surface area (TPSA) is 9.86 Å². The van der Waals surface area contributed by atoms with Gasteiger partial charge in [-0.05, 0) is 70.8 Å². The number of aromatic nitrogens is 2. The van der Waals surface area contributed by atoms with Crippen LogP contribution in [0.5, 0.6) is 0 Å². The van der Waals surface area contributed by atoms with Gasteiger partial charge in [0.15, 0.2) is 0 Å². The van der Waals surface area contributed by atoms with Crippen LogP contribution in [0, 0.1) is 0 Å². The summed E-state index contributed by atoms with van der Waals surface area (Å²) in [5.41, 5.74) is 12.1. The third kappa shape index (κ3) is 4.22. The molecule has 0 N–H and O–H groups in total. The van der Waals surface area contributed by atoms with Crippen molar-refractivity contribution in [3.05, 3.63) is 182 Å². The molecule has 0 amide bonds. The smallest absolute Gasteiger partial charge is 0.0641 e. The molecular formula is C48H30N2S. The molecule has 3 heteroatoms. The molecule has 0 aliphatic heterocycles. The fourth-order valence-corrected chi connectivity index (χ4v) is 9.49. The molecule has 0 radical (unpaired) electrons. The number of hydrogen-bond donors (Lipinski definition) is 0. The highest BCUT2D eigenvalue weighted by atomic mass is 32.1. The summed E-state index contributed by atoms with van der Waals surface area (Å²) >= 11 is 1.88. The Kier molecular flexibility index (Phi) is 6.16. The predicted octanol–water partition coefficient (Wildman–Crippen LogP) is 13.6. The van der Waals surface area contributed by atoms with E-state index in [2.05, 4.69) is 191 Å². The van der Waals surface area contributed by atoms with Crippen LogP contribution in [0.1, 0.15) is 0 Å². The fourth-order valence-electron chi connectivity index (χ4n) is 8.25. The molecule has 0 atom stereocenters. The maximum atomic E-state index is 2.48. The van der Waals surface area contributed by atoms with Crippen LogP contribution < -0.4 is 0 Å². The van der Waals surface area contributed by atoms with E-state index in [-0.39, 0.29) is 0 Å². The number of nitrogens with zero attached hydrogens (tertiary/aromatic N) is 2. The molecule has 0 fully saturated rings. The number of fused-ring (bicyclic) bond motifs is 10. The van der Waals surface area contributed by atoms with Crippen molar-refractivity contribution in [2.75, 3.05) is 0 Å². The van der Waals surface area contributed by atoms with Gasteiger partial charge in [0.1, 0.15) is 0 Å². The summed E-state index contributed by atoms with van der Waals surface area (Å²) in [6, 6.07) is 66.6. The van der Waals surface area contributed by atoms with Gasteiger partial charge in [-0.25, -0.2) is 0 Å². The largest absolute Gasteiger partial charge is 0.309 e. The monoisotopic (exact) mass is 666 g/mol. The van der Waals surface area contributed by atoms with E-state index in [1.165, 1.54) is 86.0 Å². The summed E-state index contributed by atoms with van der Waals surface area (Å²) in [6.45, 7) is 0. The lowest BCUT2D eigenvalue weighted by Gasteiger charge is -2.11. The Bertz CT molecular complexity index is 3110. The zero-order chi connectivity index (χ0) is 33.5. The molecule has 0 saturated carbocycles. The van der Waals surface area contributed by atoms with E-state index in [0.717, 1.165) is 11.4 Å². The maximum absolute atomic E-state index is 2.48. The summed E-state index contributed by atoms with van der Waals surface area (Å²) < 4.78 is 7.59. The number of benzene rings is 8. The molecule has 0 unspecified atom stereocenters. The van der Waals surface area contributed by atoms with Gasteiger partial charge in [0.05, 0.1) is 22.1 Å². The highest BCUT2D eigenvalue weighted by Gasteiger charge is 2.21. The lowest BCUT2D eigenvalue weighted by atomic mass is 10.0. The first kappa shape index (κ1) is 28.4. The quantitative estimate of drug-likeness (QED) is 0.177. The van der Waals surface area contributed by atoms with Crippen LogP contribution in [0.4, 0.5) is 0 Å². The zero-order valence-corrected chi connectivity index (χ0v) is 28.4. The standard InChI is InChI=1S/C48H30N2S/c1-3-12-31(13-4-1)33-24-27-41-44(30-33)49(34-14-5-2-6-15-34)43-29-28-39-37-16-7-9-20-42(37)50(47(39)46(41)43)35-25-22-32(23-26-35)36-18-11-19-40-38-17-8-10-21-45(38)51-48(36)40/h1-30H. The highest BCUT2D eigenvalue weighted by molar-refractivity contribution is 7.26. The first-order chi connectivity index (χ1) is 25.3. The van der Waals surface area contributed by atoms with Crippen molar-refractivity contribution >= 4 is 75.1 Å². The van der Waals surface area contributed by atoms with Gasteiger partial charge < -0.3 is 9.13 Å². The molecule has 3 aromatic heterocycles. The Balaban J connectivity index is 1.19. The van der Waals surface area contributed by atoms with Crippen molar-refractivity contribution in [2.45, 2.75) is 0 Å². The summed E-state index contributed by atoms with van der Waals surface area (Å²) in [5.74, 6) is 0. The SMILES string of the molecule is c1ccc(-c2ccc3c4c(ccc5c6ccccc6n(-c6ccc(-c7cccc8c7sc7ccccc78)cc6)c54)n(-c4ccccc4)c3c2)cc1. The normalized spacial score (nSPS) is 11.9. The highest BCUT2D eigenvalue weighted by Crippen LogP contribution is 2.44. The van der Waals surface area contributed by atoms with Crippen molar-refractivity contribution in [3.8, 4) is 33.6 Å². The van der Waals surface area contributed by atoms with Crippen LogP contribution >= 0.6 is 11.3 Å². The van der Waals surface area contributed by atoms with Gasteiger partial charge in [0, 0.05) is 53.1 Å². The van der Waals surface area contributed by atoms with E-state index < -0.39 is 0 Å². The van der Waals surface area contributed by atoms with Gasteiger partial charge >= 0.3 is 0 Å². The van der Waals surface area contributed by atoms with E-state index >= 15 is 0 Å². The molecule has 238 valence electrons. The Morgan fingerprint density at radius 2 is 1.02 bits per heavy atom. The van der Waals surface area contributed by atoms with E-state index in [1.807, 2.05) is 11.3 Å².